The van der Waals surface area contributed by atoms with E-state index in [-0.39, 0.29) is 0 Å². The molecule has 284 valence electrons. The number of hydrogen-bond acceptors (Lipinski definition) is 5. The summed E-state index contributed by atoms with van der Waals surface area (Å²) in [5.74, 6) is 1.60. The lowest BCUT2D eigenvalue weighted by atomic mass is 9.78. The number of hydrogen-bond donors (Lipinski definition) is 0. The average molecular weight is 763 g/mol. The highest BCUT2D eigenvalue weighted by Gasteiger charge is 2.53. The highest BCUT2D eigenvalue weighted by atomic mass is 16.5. The maximum absolute atomic E-state index is 7.07. The molecule has 0 aromatic heterocycles. The summed E-state index contributed by atoms with van der Waals surface area (Å²) in [6, 6.07) is 71.0. The predicted molar refractivity (Wildman–Crippen MR) is 241 cm³/mol. The standard InChI is InChI=1S/C54H42N4O/c1-55-35-57(51-31-13-11-29-49(51)55)53(45-25-7-3-21-41(45)42-22-4-8-26-46(42)53)37-17-15-19-39(33-37)59-40-20-16-18-38(34-40)54(58-36-56(2)50-30-12-14-32-52(50)58)47-27-9-5-23-43(47)44-24-6-10-28-48(44)54/h3-34H,35-36H2,1-2H3. The molecule has 5 nitrogen and oxygen atoms in total. The molecule has 8 aromatic rings. The minimum Gasteiger partial charge on any atom is -0.457 e. The first-order chi connectivity index (χ1) is 29.1. The lowest BCUT2D eigenvalue weighted by Gasteiger charge is -2.43. The second-order valence-electron chi connectivity index (χ2n) is 16.3. The van der Waals surface area contributed by atoms with Crippen LogP contribution < -0.4 is 24.3 Å². The normalized spacial score (nSPS) is 16.0. The van der Waals surface area contributed by atoms with E-state index in [2.05, 4.69) is 228 Å². The Kier molecular flexibility index (Phi) is 7.25. The Hall–Kier alpha value is -7.24. The van der Waals surface area contributed by atoms with Crippen molar-refractivity contribution in [3.63, 3.8) is 0 Å². The van der Waals surface area contributed by atoms with E-state index in [9.17, 15) is 0 Å². The molecule has 0 saturated heterocycles. The summed E-state index contributed by atoms with van der Waals surface area (Å²) >= 11 is 0. The van der Waals surface area contributed by atoms with Gasteiger partial charge in [-0.05, 0) is 104 Å². The SMILES string of the molecule is CN1CN(C2(c3cccc(Oc4cccc(C5(N6CN(C)c7ccccc76)c6ccccc6-c6ccccc65)c4)c3)c3ccccc3-c3ccccc32)c2ccccc21. The van der Waals surface area contributed by atoms with Crippen LogP contribution >= 0.6 is 0 Å². The number of fused-ring (bicyclic) bond motifs is 8. The van der Waals surface area contributed by atoms with Crippen molar-refractivity contribution in [2.75, 3.05) is 47.0 Å². The summed E-state index contributed by atoms with van der Waals surface area (Å²) in [5, 5.41) is 0. The van der Waals surface area contributed by atoms with Crippen molar-refractivity contribution in [1.29, 1.82) is 0 Å². The van der Waals surface area contributed by atoms with E-state index in [0.29, 0.717) is 0 Å². The first kappa shape index (κ1) is 33.9. The van der Waals surface area contributed by atoms with E-state index in [1.54, 1.807) is 0 Å². The molecule has 0 N–H and O–H groups in total. The van der Waals surface area contributed by atoms with Gasteiger partial charge in [-0.25, -0.2) is 0 Å². The smallest absolute Gasteiger partial charge is 0.127 e. The number of ether oxygens (including phenoxy) is 1. The molecule has 2 aliphatic carbocycles. The van der Waals surface area contributed by atoms with Crippen molar-refractivity contribution in [2.24, 2.45) is 0 Å². The van der Waals surface area contributed by atoms with Gasteiger partial charge in [-0.2, -0.15) is 0 Å². The molecule has 0 radical (unpaired) electrons. The summed E-state index contributed by atoms with van der Waals surface area (Å²) in [4.78, 5) is 9.91. The molecule has 0 amide bonds. The van der Waals surface area contributed by atoms with Crippen molar-refractivity contribution >= 4 is 22.7 Å². The Morgan fingerprint density at radius 1 is 0.356 bits per heavy atom. The van der Waals surface area contributed by atoms with Crippen molar-refractivity contribution < 1.29 is 4.74 Å². The second-order valence-corrected chi connectivity index (χ2v) is 16.3. The molecule has 2 aliphatic heterocycles. The van der Waals surface area contributed by atoms with Crippen LogP contribution in [-0.4, -0.2) is 27.4 Å². The monoisotopic (exact) mass is 762 g/mol. The Bertz CT molecular complexity index is 2680. The maximum atomic E-state index is 7.07. The van der Waals surface area contributed by atoms with Gasteiger partial charge in [-0.3, -0.25) is 0 Å². The summed E-state index contributed by atoms with van der Waals surface area (Å²) in [5.41, 5.74) is 16.2. The third kappa shape index (κ3) is 4.56. The van der Waals surface area contributed by atoms with E-state index in [0.717, 1.165) is 24.8 Å². The van der Waals surface area contributed by atoms with Crippen molar-refractivity contribution in [2.45, 2.75) is 11.1 Å². The van der Waals surface area contributed by atoms with Crippen LogP contribution in [0.25, 0.3) is 22.3 Å². The highest BCUT2D eigenvalue weighted by Crippen LogP contribution is 2.60. The third-order valence-electron chi connectivity index (χ3n) is 13.3. The zero-order chi connectivity index (χ0) is 39.3. The van der Waals surface area contributed by atoms with Gasteiger partial charge in [-0.1, -0.05) is 146 Å². The number of anilines is 4. The van der Waals surface area contributed by atoms with Crippen LogP contribution in [0.5, 0.6) is 11.5 Å². The molecule has 0 spiro atoms. The first-order valence-electron chi connectivity index (χ1n) is 20.5. The van der Waals surface area contributed by atoms with Gasteiger partial charge < -0.3 is 24.3 Å². The Morgan fingerprint density at radius 3 is 1.05 bits per heavy atom. The van der Waals surface area contributed by atoms with Crippen molar-refractivity contribution in [3.05, 3.63) is 228 Å². The van der Waals surface area contributed by atoms with Crippen LogP contribution in [0.4, 0.5) is 22.7 Å². The fourth-order valence-electron chi connectivity index (χ4n) is 11.0. The van der Waals surface area contributed by atoms with Gasteiger partial charge >= 0.3 is 0 Å². The third-order valence-corrected chi connectivity index (χ3v) is 13.3. The van der Waals surface area contributed by atoms with Crippen LogP contribution in [0.2, 0.25) is 0 Å². The molecule has 2 heterocycles. The number of rotatable bonds is 6. The van der Waals surface area contributed by atoms with Gasteiger partial charge in [0.2, 0.25) is 0 Å². The average Bonchev–Trinajstić information content (AvgIpc) is 4.00. The molecule has 0 bridgehead atoms. The Balaban J connectivity index is 1.02. The molecule has 0 unspecified atom stereocenters. The van der Waals surface area contributed by atoms with Gasteiger partial charge in [0.25, 0.3) is 0 Å². The summed E-state index contributed by atoms with van der Waals surface area (Å²) in [6.07, 6.45) is 0. The van der Waals surface area contributed by atoms with E-state index >= 15 is 0 Å². The molecule has 12 rings (SSSR count). The lowest BCUT2D eigenvalue weighted by molar-refractivity contribution is 0.476. The van der Waals surface area contributed by atoms with Gasteiger partial charge in [0, 0.05) is 14.1 Å². The Labute approximate surface area is 345 Å². The van der Waals surface area contributed by atoms with Crippen LogP contribution in [0, 0.1) is 0 Å². The van der Waals surface area contributed by atoms with Gasteiger partial charge in [0.15, 0.2) is 0 Å². The molecular weight excluding hydrogens is 721 g/mol. The number of benzene rings is 8. The number of nitrogens with zero attached hydrogens (tertiary/aromatic N) is 4. The molecular formula is C54H42N4O. The largest absolute Gasteiger partial charge is 0.457 e. The van der Waals surface area contributed by atoms with Crippen molar-refractivity contribution in [1.82, 2.24) is 0 Å². The predicted octanol–water partition coefficient (Wildman–Crippen LogP) is 11.9. The summed E-state index contributed by atoms with van der Waals surface area (Å²) in [7, 11) is 4.39. The van der Waals surface area contributed by atoms with Gasteiger partial charge in [-0.15, -0.1) is 0 Å². The van der Waals surface area contributed by atoms with E-state index in [1.807, 2.05) is 0 Å². The Morgan fingerprint density at radius 2 is 0.678 bits per heavy atom. The summed E-state index contributed by atoms with van der Waals surface area (Å²) in [6.45, 7) is 1.49. The zero-order valence-corrected chi connectivity index (χ0v) is 33.1. The molecule has 8 aromatic carbocycles. The molecule has 0 fully saturated rings. The molecule has 0 atom stereocenters. The van der Waals surface area contributed by atoms with E-state index in [1.165, 1.54) is 78.4 Å². The van der Waals surface area contributed by atoms with E-state index in [4.69, 9.17) is 4.74 Å². The fraction of sp³-hybridized carbons (Fsp3) is 0.111. The molecule has 59 heavy (non-hydrogen) atoms. The van der Waals surface area contributed by atoms with Gasteiger partial charge in [0.05, 0.1) is 36.1 Å². The zero-order valence-electron chi connectivity index (χ0n) is 33.1. The molecule has 4 aliphatic rings. The topological polar surface area (TPSA) is 22.2 Å². The van der Waals surface area contributed by atoms with E-state index < -0.39 is 11.1 Å². The fourth-order valence-corrected chi connectivity index (χ4v) is 11.0. The van der Waals surface area contributed by atoms with Gasteiger partial charge in [0.1, 0.15) is 22.6 Å². The molecule has 5 heteroatoms. The minimum atomic E-state index is -0.592. The van der Waals surface area contributed by atoms with Crippen LogP contribution in [0.3, 0.4) is 0 Å². The minimum absolute atomic E-state index is 0.592. The quantitative estimate of drug-likeness (QED) is 0.168. The lowest BCUT2D eigenvalue weighted by Crippen LogP contribution is -2.48. The number of para-hydroxylation sites is 4. The van der Waals surface area contributed by atoms with Crippen molar-refractivity contribution in [3.8, 4) is 33.8 Å². The van der Waals surface area contributed by atoms with Crippen LogP contribution in [-0.2, 0) is 11.1 Å². The first-order valence-corrected chi connectivity index (χ1v) is 20.5. The molecule has 0 saturated carbocycles. The summed E-state index contributed by atoms with van der Waals surface area (Å²) < 4.78 is 7.07. The maximum Gasteiger partial charge on any atom is 0.127 e. The van der Waals surface area contributed by atoms with Crippen LogP contribution in [0.1, 0.15) is 33.4 Å². The highest BCUT2D eigenvalue weighted by molar-refractivity contribution is 5.91. The van der Waals surface area contributed by atoms with Crippen LogP contribution in [0.15, 0.2) is 194 Å². The second kappa shape index (κ2) is 12.6.